The van der Waals surface area contributed by atoms with Crippen molar-refractivity contribution in [2.75, 3.05) is 45.8 Å². The highest BCUT2D eigenvalue weighted by Gasteiger charge is 2.61. The predicted molar refractivity (Wildman–Crippen MR) is 281 cm³/mol. The quantitative estimate of drug-likeness (QED) is 0.0667. The molecule has 4 saturated carbocycles. The van der Waals surface area contributed by atoms with Gasteiger partial charge in [0.15, 0.2) is 22.4 Å². The molecule has 4 aliphatic carbocycles. The summed E-state index contributed by atoms with van der Waals surface area (Å²) in [6.07, 6.45) is 15.8. The van der Waals surface area contributed by atoms with E-state index in [1.807, 2.05) is 6.92 Å². The Morgan fingerprint density at radius 3 is 1.48 bits per heavy atom. The lowest BCUT2D eigenvalue weighted by atomic mass is 9.60. The van der Waals surface area contributed by atoms with Gasteiger partial charge in [0.25, 0.3) is 0 Å². The molecule has 15 heteroatoms. The third kappa shape index (κ3) is 14.3. The molecule has 6 rings (SSSR count). The van der Waals surface area contributed by atoms with Crippen LogP contribution in [0.25, 0.3) is 0 Å². The minimum absolute atomic E-state index is 0.194. The van der Waals surface area contributed by atoms with Crippen LogP contribution in [0.5, 0.6) is 0 Å². The van der Waals surface area contributed by atoms with E-state index in [2.05, 4.69) is 100 Å². The first-order valence-corrected chi connectivity index (χ1v) is 34.4. The van der Waals surface area contributed by atoms with E-state index in [4.69, 9.17) is 32.1 Å². The lowest BCUT2D eigenvalue weighted by molar-refractivity contribution is -0.140. The standard InChI is InChI=1S/C25H44O4Si.C21H38O3Si.C8H17O5P/c1-9-27-22(26)15-18-16-25(6,28-17-18)21-13-12-19-20(11-10-14-24(19,21)5)29-30(7,8)23(2,3)4;1-19(2,3)25(6,7)24-17-9-8-12-20(4)16(17)10-11-18(20)21(5)13-15(22)14-23-21;1-4-11-8(9)7-14(10,12-5-2)13-6-3/h15,19-21H,9-14,16-17H2,1-8H3;16-18H,8-14H2,1-7H3;4-7H2,1-3H3/t19-,20-,21-,24-,25-;16-,17-,18-,20-,21-;/m00./s1. The Bertz CT molecular complexity index is 1810. The maximum Gasteiger partial charge on any atom is 0.341 e. The van der Waals surface area contributed by atoms with E-state index < -0.39 is 30.2 Å². The summed E-state index contributed by atoms with van der Waals surface area (Å²) in [7, 11) is -6.82. The van der Waals surface area contributed by atoms with Gasteiger partial charge in [-0.25, -0.2) is 4.79 Å². The van der Waals surface area contributed by atoms with Crippen molar-refractivity contribution < 1.29 is 55.8 Å². The van der Waals surface area contributed by atoms with E-state index in [1.165, 1.54) is 64.2 Å². The molecule has 6 aliphatic rings. The Morgan fingerprint density at radius 1 is 0.652 bits per heavy atom. The summed E-state index contributed by atoms with van der Waals surface area (Å²) in [6.45, 7) is 41.9. The third-order valence-corrected chi connectivity index (χ3v) is 29.2. The number of esters is 2. The van der Waals surface area contributed by atoms with Crippen LogP contribution in [-0.4, -0.2) is 104 Å². The normalized spacial score (nSPS) is 34.6. The van der Waals surface area contributed by atoms with Crippen LogP contribution in [-0.2, 0) is 55.8 Å². The molecule has 0 N–H and O–H groups in total. The van der Waals surface area contributed by atoms with E-state index in [-0.39, 0.29) is 69.8 Å². The number of hydrogen-bond acceptors (Lipinski definition) is 12. The molecule has 2 saturated heterocycles. The second-order valence-corrected chi connectivity index (χ2v) is 36.7. The van der Waals surface area contributed by atoms with Crippen LogP contribution < -0.4 is 0 Å². The Labute approximate surface area is 421 Å². The van der Waals surface area contributed by atoms with Crippen molar-refractivity contribution in [2.24, 2.45) is 34.5 Å². The summed E-state index contributed by atoms with van der Waals surface area (Å²) >= 11 is 0. The van der Waals surface area contributed by atoms with Crippen molar-refractivity contribution in [3.63, 3.8) is 0 Å². The summed E-state index contributed by atoms with van der Waals surface area (Å²) < 4.78 is 57.7. The fourth-order valence-corrected chi connectivity index (χ4v) is 17.2. The van der Waals surface area contributed by atoms with Gasteiger partial charge in [0.1, 0.15) is 12.8 Å². The minimum atomic E-state index is -3.28. The summed E-state index contributed by atoms with van der Waals surface area (Å²) in [5.41, 5.74) is 1.14. The number of fused-ring (bicyclic) bond motifs is 2. The highest BCUT2D eigenvalue weighted by atomic mass is 31.2. The van der Waals surface area contributed by atoms with Gasteiger partial charge in [0.2, 0.25) is 0 Å². The van der Waals surface area contributed by atoms with Crippen molar-refractivity contribution in [3.05, 3.63) is 11.6 Å². The smallest absolute Gasteiger partial charge is 0.341 e. The zero-order valence-corrected chi connectivity index (χ0v) is 49.7. The van der Waals surface area contributed by atoms with Crippen LogP contribution in [0.15, 0.2) is 11.6 Å². The molecule has 400 valence electrons. The molecular formula is C54H99O12PSi2. The van der Waals surface area contributed by atoms with Gasteiger partial charge < -0.3 is 36.8 Å². The molecular weight excluding hydrogens is 928 g/mol. The second kappa shape index (κ2) is 23.5. The van der Waals surface area contributed by atoms with Gasteiger partial charge in [-0.1, -0.05) is 68.2 Å². The zero-order chi connectivity index (χ0) is 52.1. The molecule has 0 aromatic rings. The van der Waals surface area contributed by atoms with Gasteiger partial charge >= 0.3 is 19.5 Å². The first-order valence-electron chi connectivity index (χ1n) is 26.8. The van der Waals surface area contributed by atoms with Crippen LogP contribution in [0.2, 0.25) is 36.3 Å². The molecule has 0 spiro atoms. The van der Waals surface area contributed by atoms with Gasteiger partial charge in [-0.15, -0.1) is 0 Å². The lowest BCUT2D eigenvalue weighted by Crippen LogP contribution is -2.52. The molecule has 0 unspecified atom stereocenters. The van der Waals surface area contributed by atoms with Crippen LogP contribution in [0, 0.1) is 34.5 Å². The SMILES string of the molecule is CC(C)(C)[Si](C)(C)O[C@H]1CCC[C@@]2(C)[C@H]1CC[C@@H]2[C@]1(C)CC(=O)CO1.CCOC(=O)C=C1CO[C@](C)([C@H]2CC[C@H]3[C@@H](O[Si](C)(C)C(C)(C)C)CCC[C@@]32C)C1.CCOC(=O)CP(=O)(OCC)OCC. The molecule has 0 aromatic carbocycles. The maximum absolute atomic E-state index is 11.9. The van der Waals surface area contributed by atoms with Crippen LogP contribution in [0.4, 0.5) is 0 Å². The molecule has 6 fully saturated rings. The van der Waals surface area contributed by atoms with Gasteiger partial charge in [0.05, 0.1) is 44.2 Å². The van der Waals surface area contributed by atoms with Gasteiger partial charge in [-0.3, -0.25) is 14.2 Å². The molecule has 0 amide bonds. The molecule has 2 heterocycles. The molecule has 12 nitrogen and oxygen atoms in total. The lowest BCUT2D eigenvalue weighted by Gasteiger charge is -2.51. The Kier molecular flexibility index (Phi) is 20.6. The summed E-state index contributed by atoms with van der Waals surface area (Å²) in [4.78, 5) is 34.9. The highest BCUT2D eigenvalue weighted by molar-refractivity contribution is 7.54. The van der Waals surface area contributed by atoms with E-state index in [0.29, 0.717) is 62.1 Å². The molecule has 0 bridgehead atoms. The second-order valence-electron chi connectivity index (χ2n) is 25.2. The molecule has 69 heavy (non-hydrogen) atoms. The van der Waals surface area contributed by atoms with E-state index in [1.54, 1.807) is 26.8 Å². The Balaban J connectivity index is 0.000000241. The summed E-state index contributed by atoms with van der Waals surface area (Å²) in [5.74, 6) is 1.71. The fraction of sp³-hybridized carbons (Fsp3) is 0.907. The number of ether oxygens (including phenoxy) is 4. The topological polar surface area (TPSA) is 142 Å². The van der Waals surface area contributed by atoms with Crippen molar-refractivity contribution in [2.45, 2.75) is 234 Å². The van der Waals surface area contributed by atoms with Gasteiger partial charge in [0, 0.05) is 31.1 Å². The maximum atomic E-state index is 11.9. The average Bonchev–Trinajstić information content (AvgIpc) is 3.97. The van der Waals surface area contributed by atoms with E-state index in [0.717, 1.165) is 12.0 Å². The van der Waals surface area contributed by atoms with Crippen LogP contribution in [0.3, 0.4) is 0 Å². The van der Waals surface area contributed by atoms with Gasteiger partial charge in [-0.2, -0.15) is 0 Å². The third-order valence-electron chi connectivity index (χ3n) is 18.3. The number of carbonyl (C=O) groups excluding carboxylic acids is 3. The Morgan fingerprint density at radius 2 is 1.09 bits per heavy atom. The number of Topliss-reactive ketones (excluding diaryl/α,β-unsaturated/α-hetero) is 1. The predicted octanol–water partition coefficient (Wildman–Crippen LogP) is 13.4. The average molecular weight is 1030 g/mol. The number of hydrogen-bond donors (Lipinski definition) is 0. The number of rotatable bonds is 15. The Hall–Kier alpha value is -1.23. The zero-order valence-electron chi connectivity index (χ0n) is 46.8. The minimum Gasteiger partial charge on any atom is -0.466 e. The van der Waals surface area contributed by atoms with Crippen molar-refractivity contribution in [1.82, 2.24) is 0 Å². The van der Waals surface area contributed by atoms with E-state index in [9.17, 15) is 18.9 Å². The van der Waals surface area contributed by atoms with Crippen molar-refractivity contribution in [1.29, 1.82) is 0 Å². The largest absolute Gasteiger partial charge is 0.466 e. The first kappa shape index (κ1) is 60.3. The molecule has 2 aliphatic heterocycles. The molecule has 10 atom stereocenters. The monoisotopic (exact) mass is 1030 g/mol. The summed E-state index contributed by atoms with van der Waals surface area (Å²) in [5, 5.41) is 0.498. The highest BCUT2D eigenvalue weighted by Crippen LogP contribution is 2.63. The molecule has 0 aromatic heterocycles. The van der Waals surface area contributed by atoms with Crippen LogP contribution in [0.1, 0.15) is 174 Å². The van der Waals surface area contributed by atoms with E-state index >= 15 is 0 Å². The molecule has 0 radical (unpaired) electrons. The summed E-state index contributed by atoms with van der Waals surface area (Å²) in [6, 6.07) is 0. The van der Waals surface area contributed by atoms with Crippen molar-refractivity contribution in [3.8, 4) is 0 Å². The fourth-order valence-electron chi connectivity index (χ4n) is 13.0. The van der Waals surface area contributed by atoms with Gasteiger partial charge in [-0.05, 0) is 169 Å². The number of carbonyl (C=O) groups is 3. The first-order chi connectivity index (χ1) is 31.8. The number of ketones is 1. The van der Waals surface area contributed by atoms with Crippen LogP contribution >= 0.6 is 7.60 Å². The van der Waals surface area contributed by atoms with Crippen molar-refractivity contribution >= 4 is 42.0 Å².